The lowest BCUT2D eigenvalue weighted by atomic mass is 10.0. The molecule has 2 heterocycles. The number of ether oxygens (including phenoxy) is 1. The molecule has 0 aromatic carbocycles. The van der Waals surface area contributed by atoms with Crippen molar-refractivity contribution in [2.75, 3.05) is 20.2 Å². The Hall–Kier alpha value is -0.280. The summed E-state index contributed by atoms with van der Waals surface area (Å²) in [6.45, 7) is 2.11. The van der Waals surface area contributed by atoms with Crippen LogP contribution in [0.15, 0.2) is 0 Å². The van der Waals surface area contributed by atoms with Crippen LogP contribution in [0.4, 0.5) is 0 Å². The monoisotopic (exact) mass is 205 g/mol. The molecule has 0 bridgehead atoms. The molecule has 3 nitrogen and oxygen atoms in total. The molecule has 0 saturated carbocycles. The fraction of sp³-hybridized carbons (Fsp3) is 0.889. The molecule has 0 aliphatic carbocycles. The normalized spacial score (nSPS) is 32.4. The van der Waals surface area contributed by atoms with Crippen LogP contribution >= 0.6 is 12.4 Å². The van der Waals surface area contributed by atoms with Gasteiger partial charge in [0.15, 0.2) is 0 Å². The second kappa shape index (κ2) is 4.29. The first kappa shape index (κ1) is 10.8. The Labute approximate surface area is 84.8 Å². The summed E-state index contributed by atoms with van der Waals surface area (Å²) in [6.07, 6.45) is 3.60. The topological polar surface area (TPSA) is 29.5 Å². The van der Waals surface area contributed by atoms with Crippen LogP contribution in [0.25, 0.3) is 0 Å². The third kappa shape index (κ3) is 1.97. The van der Waals surface area contributed by atoms with Crippen LogP contribution in [0, 0.1) is 5.92 Å². The Balaban J connectivity index is 0.000000845. The number of carbonyl (C=O) groups excluding carboxylic acids is 1. The van der Waals surface area contributed by atoms with E-state index in [4.69, 9.17) is 4.74 Å². The van der Waals surface area contributed by atoms with Crippen LogP contribution in [0.2, 0.25) is 0 Å². The summed E-state index contributed by atoms with van der Waals surface area (Å²) in [6, 6.07) is 0.675. The van der Waals surface area contributed by atoms with Crippen LogP contribution in [-0.2, 0) is 9.53 Å². The van der Waals surface area contributed by atoms with Crippen LogP contribution in [-0.4, -0.2) is 37.1 Å². The summed E-state index contributed by atoms with van der Waals surface area (Å²) in [5.41, 5.74) is 0. The van der Waals surface area contributed by atoms with E-state index in [2.05, 4.69) is 4.90 Å². The maximum atomic E-state index is 11.2. The van der Waals surface area contributed by atoms with Gasteiger partial charge in [0.1, 0.15) is 0 Å². The highest BCUT2D eigenvalue weighted by Crippen LogP contribution is 2.31. The largest absolute Gasteiger partial charge is 0.469 e. The average Bonchev–Trinajstić information content (AvgIpc) is 2.60. The van der Waals surface area contributed by atoms with Gasteiger partial charge in [-0.2, -0.15) is 0 Å². The first-order valence-electron chi connectivity index (χ1n) is 4.63. The molecule has 2 fully saturated rings. The lowest BCUT2D eigenvalue weighted by molar-refractivity contribution is -0.145. The van der Waals surface area contributed by atoms with Gasteiger partial charge in [-0.1, -0.05) is 0 Å². The van der Waals surface area contributed by atoms with E-state index in [0.29, 0.717) is 6.04 Å². The van der Waals surface area contributed by atoms with Crippen molar-refractivity contribution in [2.45, 2.75) is 25.3 Å². The van der Waals surface area contributed by atoms with Crippen LogP contribution in [0.5, 0.6) is 0 Å². The fourth-order valence-electron chi connectivity index (χ4n) is 2.43. The Morgan fingerprint density at radius 3 is 2.92 bits per heavy atom. The molecule has 76 valence electrons. The minimum Gasteiger partial charge on any atom is -0.469 e. The Bertz CT molecular complexity index is 186. The smallest absolute Gasteiger partial charge is 0.310 e. The molecule has 2 aliphatic rings. The molecule has 2 saturated heterocycles. The lowest BCUT2D eigenvalue weighted by Crippen LogP contribution is -2.24. The maximum absolute atomic E-state index is 11.2. The summed E-state index contributed by atoms with van der Waals surface area (Å²) in [7, 11) is 1.48. The van der Waals surface area contributed by atoms with E-state index in [1.807, 2.05) is 0 Å². The zero-order valence-corrected chi connectivity index (χ0v) is 8.68. The molecule has 2 aliphatic heterocycles. The molecule has 2 unspecified atom stereocenters. The predicted octanol–water partition coefficient (Wildman–Crippen LogP) is 1.07. The zero-order chi connectivity index (χ0) is 8.55. The third-order valence-electron chi connectivity index (χ3n) is 3.05. The molecule has 0 radical (unpaired) electrons. The third-order valence-corrected chi connectivity index (χ3v) is 3.05. The second-order valence-electron chi connectivity index (χ2n) is 3.75. The average molecular weight is 206 g/mol. The van der Waals surface area contributed by atoms with Gasteiger partial charge in [0.25, 0.3) is 0 Å². The van der Waals surface area contributed by atoms with E-state index in [-0.39, 0.29) is 24.3 Å². The molecule has 2 atom stereocenters. The van der Waals surface area contributed by atoms with E-state index in [9.17, 15) is 4.79 Å². The number of methoxy groups -OCH3 is 1. The maximum Gasteiger partial charge on any atom is 0.310 e. The van der Waals surface area contributed by atoms with Gasteiger partial charge in [0, 0.05) is 12.6 Å². The first-order valence-corrected chi connectivity index (χ1v) is 4.63. The van der Waals surface area contributed by atoms with Gasteiger partial charge in [-0.15, -0.1) is 12.4 Å². The molecule has 0 amide bonds. The number of nitrogens with zero attached hydrogens (tertiary/aromatic N) is 1. The first-order chi connectivity index (χ1) is 5.81. The number of rotatable bonds is 1. The molecular weight excluding hydrogens is 190 g/mol. The molecular formula is C9H16ClNO2. The van der Waals surface area contributed by atoms with Gasteiger partial charge in [-0.05, 0) is 25.8 Å². The predicted molar refractivity (Wildman–Crippen MR) is 52.0 cm³/mol. The molecule has 2 rings (SSSR count). The Kier molecular flexibility index (Phi) is 3.56. The number of fused-ring (bicyclic) bond motifs is 1. The van der Waals surface area contributed by atoms with E-state index >= 15 is 0 Å². The van der Waals surface area contributed by atoms with Crippen LogP contribution < -0.4 is 0 Å². The zero-order valence-electron chi connectivity index (χ0n) is 7.86. The lowest BCUT2D eigenvalue weighted by Gasteiger charge is -2.12. The van der Waals surface area contributed by atoms with Gasteiger partial charge >= 0.3 is 5.97 Å². The Morgan fingerprint density at radius 2 is 2.31 bits per heavy atom. The second-order valence-corrected chi connectivity index (χ2v) is 3.75. The summed E-state index contributed by atoms with van der Waals surface area (Å²) in [5.74, 6) is 0.129. The number of esters is 1. The number of hydrogen-bond donors (Lipinski definition) is 0. The minimum atomic E-state index is -0.0237. The van der Waals surface area contributed by atoms with Crippen molar-refractivity contribution in [3.63, 3.8) is 0 Å². The van der Waals surface area contributed by atoms with Crippen molar-refractivity contribution < 1.29 is 9.53 Å². The SMILES string of the molecule is COC(=O)C1CC2CCCN2C1.Cl. The van der Waals surface area contributed by atoms with Crippen molar-refractivity contribution in [1.82, 2.24) is 4.90 Å². The molecule has 0 N–H and O–H groups in total. The number of carbonyl (C=O) groups is 1. The van der Waals surface area contributed by atoms with E-state index in [1.165, 1.54) is 26.5 Å². The fourth-order valence-corrected chi connectivity index (χ4v) is 2.43. The quantitative estimate of drug-likeness (QED) is 0.600. The van der Waals surface area contributed by atoms with Gasteiger partial charge in [-0.25, -0.2) is 0 Å². The van der Waals surface area contributed by atoms with Gasteiger partial charge in [-0.3, -0.25) is 9.69 Å². The van der Waals surface area contributed by atoms with E-state index < -0.39 is 0 Å². The summed E-state index contributed by atoms with van der Waals surface area (Å²) < 4.78 is 4.73. The highest BCUT2D eigenvalue weighted by Gasteiger charge is 2.38. The number of halogens is 1. The van der Waals surface area contributed by atoms with Crippen molar-refractivity contribution >= 4 is 18.4 Å². The molecule has 13 heavy (non-hydrogen) atoms. The summed E-state index contributed by atoms with van der Waals surface area (Å²) >= 11 is 0. The van der Waals surface area contributed by atoms with Crippen molar-refractivity contribution in [3.05, 3.63) is 0 Å². The summed E-state index contributed by atoms with van der Waals surface area (Å²) in [4.78, 5) is 13.6. The van der Waals surface area contributed by atoms with Crippen molar-refractivity contribution in [1.29, 1.82) is 0 Å². The van der Waals surface area contributed by atoms with Crippen LogP contribution in [0.3, 0.4) is 0 Å². The minimum absolute atomic E-state index is 0. The van der Waals surface area contributed by atoms with E-state index in [0.717, 1.165) is 13.0 Å². The molecule has 0 aromatic heterocycles. The van der Waals surface area contributed by atoms with Gasteiger partial charge in [0.2, 0.25) is 0 Å². The molecule has 0 aromatic rings. The van der Waals surface area contributed by atoms with Crippen LogP contribution in [0.1, 0.15) is 19.3 Å². The highest BCUT2D eigenvalue weighted by molar-refractivity contribution is 5.85. The van der Waals surface area contributed by atoms with Crippen molar-refractivity contribution in [3.8, 4) is 0 Å². The van der Waals surface area contributed by atoms with Gasteiger partial charge < -0.3 is 4.74 Å². The number of hydrogen-bond acceptors (Lipinski definition) is 3. The standard InChI is InChI=1S/C9H15NO2.ClH/c1-12-9(11)7-5-8-3-2-4-10(8)6-7;/h7-8H,2-6H2,1H3;1H. The van der Waals surface area contributed by atoms with Crippen molar-refractivity contribution in [2.24, 2.45) is 5.92 Å². The molecule has 4 heteroatoms. The van der Waals surface area contributed by atoms with E-state index in [1.54, 1.807) is 0 Å². The van der Waals surface area contributed by atoms with Gasteiger partial charge in [0.05, 0.1) is 13.0 Å². The highest BCUT2D eigenvalue weighted by atomic mass is 35.5. The summed E-state index contributed by atoms with van der Waals surface area (Å²) in [5, 5.41) is 0. The molecule has 0 spiro atoms. The Morgan fingerprint density at radius 1 is 1.54 bits per heavy atom.